The van der Waals surface area contributed by atoms with Crippen molar-refractivity contribution in [2.75, 3.05) is 19.7 Å². The average Bonchev–Trinajstić information content (AvgIpc) is 2.64. The molecule has 2 rings (SSSR count). The zero-order valence-corrected chi connectivity index (χ0v) is 17.3. The lowest BCUT2D eigenvalue weighted by molar-refractivity contribution is -0.154. The van der Waals surface area contributed by atoms with Gasteiger partial charge in [0.05, 0.1) is 5.92 Å². The van der Waals surface area contributed by atoms with E-state index in [0.717, 1.165) is 5.56 Å². The normalized spacial score (nSPS) is 15.1. The van der Waals surface area contributed by atoms with Gasteiger partial charge in [0.1, 0.15) is 5.60 Å². The molecular formula is C20H27ClN2O5. The van der Waals surface area contributed by atoms with Crippen LogP contribution in [0.25, 0.3) is 0 Å². The minimum Gasteiger partial charge on any atom is -0.455 e. The van der Waals surface area contributed by atoms with E-state index in [1.54, 1.807) is 11.0 Å². The third kappa shape index (κ3) is 7.03. The van der Waals surface area contributed by atoms with Crippen LogP contribution in [0.3, 0.4) is 0 Å². The molecule has 2 amide bonds. The van der Waals surface area contributed by atoms with Crippen molar-refractivity contribution in [3.8, 4) is 0 Å². The second-order valence-electron chi connectivity index (χ2n) is 7.72. The molecule has 0 saturated carbocycles. The van der Waals surface area contributed by atoms with Crippen LogP contribution in [0.4, 0.5) is 4.79 Å². The largest absolute Gasteiger partial charge is 0.455 e. The van der Waals surface area contributed by atoms with Crippen LogP contribution in [0.5, 0.6) is 0 Å². The molecule has 0 unspecified atom stereocenters. The summed E-state index contributed by atoms with van der Waals surface area (Å²) < 4.78 is 10.5. The van der Waals surface area contributed by atoms with Gasteiger partial charge in [-0.2, -0.15) is 0 Å². The van der Waals surface area contributed by atoms with Crippen molar-refractivity contribution >= 4 is 29.6 Å². The maximum absolute atomic E-state index is 12.2. The molecule has 1 N–H and O–H groups in total. The molecule has 0 aromatic heterocycles. The molecule has 1 aliphatic heterocycles. The maximum atomic E-state index is 12.2. The third-order valence-corrected chi connectivity index (χ3v) is 4.63. The molecular weight excluding hydrogens is 384 g/mol. The Kier molecular flexibility index (Phi) is 7.69. The van der Waals surface area contributed by atoms with Crippen molar-refractivity contribution in [3.63, 3.8) is 0 Å². The summed E-state index contributed by atoms with van der Waals surface area (Å²) in [5.74, 6) is -1.13. The highest BCUT2D eigenvalue weighted by atomic mass is 35.5. The molecule has 1 saturated heterocycles. The quantitative estimate of drug-likeness (QED) is 0.753. The first-order valence-corrected chi connectivity index (χ1v) is 9.68. The molecule has 1 fully saturated rings. The first-order chi connectivity index (χ1) is 13.2. The Morgan fingerprint density at radius 2 is 1.82 bits per heavy atom. The number of hydrogen-bond donors (Lipinski definition) is 1. The van der Waals surface area contributed by atoms with Crippen LogP contribution in [-0.4, -0.2) is 48.2 Å². The lowest BCUT2D eigenvalue weighted by Gasteiger charge is -2.32. The van der Waals surface area contributed by atoms with Gasteiger partial charge in [0.15, 0.2) is 6.61 Å². The van der Waals surface area contributed by atoms with Crippen molar-refractivity contribution in [2.24, 2.45) is 5.92 Å². The number of halogens is 1. The summed E-state index contributed by atoms with van der Waals surface area (Å²) in [5.41, 5.74) is 0.239. The van der Waals surface area contributed by atoms with Crippen molar-refractivity contribution in [3.05, 3.63) is 34.9 Å². The van der Waals surface area contributed by atoms with E-state index in [2.05, 4.69) is 5.32 Å². The van der Waals surface area contributed by atoms with Crippen LogP contribution < -0.4 is 5.32 Å². The van der Waals surface area contributed by atoms with Gasteiger partial charge in [-0.25, -0.2) is 4.79 Å². The first-order valence-electron chi connectivity index (χ1n) is 9.30. The van der Waals surface area contributed by atoms with Crippen LogP contribution in [0.15, 0.2) is 24.3 Å². The lowest BCUT2D eigenvalue weighted by Crippen LogP contribution is -2.43. The number of nitrogens with one attached hydrogen (secondary N) is 1. The minimum atomic E-state index is -0.551. The number of hydrogen-bond acceptors (Lipinski definition) is 5. The van der Waals surface area contributed by atoms with E-state index >= 15 is 0 Å². The summed E-state index contributed by atoms with van der Waals surface area (Å²) in [5, 5.41) is 3.24. The third-order valence-electron chi connectivity index (χ3n) is 4.26. The Morgan fingerprint density at radius 3 is 2.43 bits per heavy atom. The molecule has 1 aliphatic rings. The van der Waals surface area contributed by atoms with E-state index in [9.17, 15) is 14.4 Å². The molecule has 7 nitrogen and oxygen atoms in total. The van der Waals surface area contributed by atoms with Gasteiger partial charge in [0, 0.05) is 24.7 Å². The molecule has 28 heavy (non-hydrogen) atoms. The second kappa shape index (κ2) is 9.78. The van der Waals surface area contributed by atoms with E-state index in [1.165, 1.54) is 0 Å². The van der Waals surface area contributed by atoms with Crippen molar-refractivity contribution in [2.45, 2.75) is 45.8 Å². The monoisotopic (exact) mass is 410 g/mol. The number of likely N-dealkylation sites (tertiary alicyclic amines) is 1. The van der Waals surface area contributed by atoms with E-state index in [0.29, 0.717) is 31.0 Å². The average molecular weight is 411 g/mol. The SMILES string of the molecule is CC(C)(C)OC(=O)N1CCC(C(=O)OCC(=O)NCc2ccccc2Cl)CC1. The molecule has 1 heterocycles. The highest BCUT2D eigenvalue weighted by Gasteiger charge is 2.30. The van der Waals surface area contributed by atoms with Crippen molar-refractivity contribution in [1.29, 1.82) is 0 Å². The summed E-state index contributed by atoms with van der Waals surface area (Å²) in [6.45, 7) is 6.21. The van der Waals surface area contributed by atoms with E-state index in [1.807, 2.05) is 39.0 Å². The van der Waals surface area contributed by atoms with E-state index < -0.39 is 11.6 Å². The van der Waals surface area contributed by atoms with Crippen molar-refractivity contribution in [1.82, 2.24) is 10.2 Å². The van der Waals surface area contributed by atoms with Crippen LogP contribution in [-0.2, 0) is 25.6 Å². The number of benzene rings is 1. The Hall–Kier alpha value is -2.28. The summed E-state index contributed by atoms with van der Waals surface area (Å²) in [4.78, 5) is 37.7. The van der Waals surface area contributed by atoms with Gasteiger partial charge in [0.25, 0.3) is 5.91 Å². The number of carbonyl (C=O) groups is 3. The van der Waals surface area contributed by atoms with Gasteiger partial charge >= 0.3 is 12.1 Å². The fraction of sp³-hybridized carbons (Fsp3) is 0.550. The van der Waals surface area contributed by atoms with Gasteiger partial charge in [-0.15, -0.1) is 0 Å². The number of amides is 2. The Bertz CT molecular complexity index is 709. The topological polar surface area (TPSA) is 84.9 Å². The zero-order chi connectivity index (χ0) is 20.7. The number of ether oxygens (including phenoxy) is 2. The summed E-state index contributed by atoms with van der Waals surface area (Å²) >= 11 is 6.03. The molecule has 1 aromatic rings. The maximum Gasteiger partial charge on any atom is 0.410 e. The minimum absolute atomic E-state index is 0.268. The van der Waals surface area contributed by atoms with E-state index in [4.69, 9.17) is 21.1 Å². The number of esters is 1. The molecule has 0 spiro atoms. The van der Waals surface area contributed by atoms with Crippen LogP contribution in [0, 0.1) is 5.92 Å². The van der Waals surface area contributed by atoms with Crippen LogP contribution >= 0.6 is 11.6 Å². The molecule has 1 aromatic carbocycles. The van der Waals surface area contributed by atoms with Crippen molar-refractivity contribution < 1.29 is 23.9 Å². The fourth-order valence-corrected chi connectivity index (χ4v) is 2.97. The Balaban J connectivity index is 1.69. The smallest absolute Gasteiger partial charge is 0.410 e. The van der Waals surface area contributed by atoms with Gasteiger partial charge < -0.3 is 19.7 Å². The van der Waals surface area contributed by atoms with Gasteiger partial charge in [-0.3, -0.25) is 9.59 Å². The zero-order valence-electron chi connectivity index (χ0n) is 16.5. The molecule has 0 bridgehead atoms. The van der Waals surface area contributed by atoms with Crippen LogP contribution in [0.2, 0.25) is 5.02 Å². The number of nitrogens with zero attached hydrogens (tertiary/aromatic N) is 1. The fourth-order valence-electron chi connectivity index (χ4n) is 2.77. The standard InChI is InChI=1S/C20H27ClN2O5/c1-20(2,3)28-19(26)23-10-8-14(9-11-23)18(25)27-13-17(24)22-12-15-6-4-5-7-16(15)21/h4-7,14H,8-13H2,1-3H3,(H,22,24). The number of rotatable bonds is 5. The van der Waals surface area contributed by atoms with Gasteiger partial charge in [0.2, 0.25) is 0 Å². The molecule has 0 aliphatic carbocycles. The van der Waals surface area contributed by atoms with Gasteiger partial charge in [-0.1, -0.05) is 29.8 Å². The molecule has 154 valence electrons. The molecule has 0 atom stereocenters. The lowest BCUT2D eigenvalue weighted by atomic mass is 9.97. The summed E-state index contributed by atoms with van der Waals surface area (Å²) in [6.07, 6.45) is 0.594. The number of carbonyl (C=O) groups excluding carboxylic acids is 3. The van der Waals surface area contributed by atoms with E-state index in [-0.39, 0.29) is 31.1 Å². The highest BCUT2D eigenvalue weighted by molar-refractivity contribution is 6.31. The second-order valence-corrected chi connectivity index (χ2v) is 8.12. The summed E-state index contributed by atoms with van der Waals surface area (Å²) in [6, 6.07) is 7.19. The predicted molar refractivity (Wildman–Crippen MR) is 105 cm³/mol. The van der Waals surface area contributed by atoms with Gasteiger partial charge in [-0.05, 0) is 45.2 Å². The number of piperidine rings is 1. The highest BCUT2D eigenvalue weighted by Crippen LogP contribution is 2.21. The predicted octanol–water partition coefficient (Wildman–Crippen LogP) is 3.15. The first kappa shape index (κ1) is 22.0. The Labute approximate surface area is 170 Å². The summed E-state index contributed by atoms with van der Waals surface area (Å²) in [7, 11) is 0. The Morgan fingerprint density at radius 1 is 1.18 bits per heavy atom. The molecule has 0 radical (unpaired) electrons. The van der Waals surface area contributed by atoms with Crippen LogP contribution in [0.1, 0.15) is 39.2 Å². The molecule has 8 heteroatoms.